The van der Waals surface area contributed by atoms with Crippen LogP contribution in [0.5, 0.6) is 0 Å². The lowest BCUT2D eigenvalue weighted by atomic mass is 9.90. The first-order valence-corrected chi connectivity index (χ1v) is 9.26. The third-order valence-corrected chi connectivity index (χ3v) is 5.09. The Morgan fingerprint density at radius 3 is 2.71 bits per heavy atom. The van der Waals surface area contributed by atoms with E-state index in [1.807, 2.05) is 6.07 Å². The zero-order valence-corrected chi connectivity index (χ0v) is 15.4. The van der Waals surface area contributed by atoms with Crippen LogP contribution < -0.4 is 4.90 Å². The average Bonchev–Trinajstić information content (AvgIpc) is 3.30. The molecule has 1 atom stereocenters. The number of amides is 1. The molecule has 0 saturated carbocycles. The van der Waals surface area contributed by atoms with Crippen molar-refractivity contribution in [2.24, 2.45) is 0 Å². The topological polar surface area (TPSA) is 83.2 Å². The molecule has 7 nitrogen and oxygen atoms in total. The number of rotatable bonds is 6. The Labute approximate surface area is 162 Å². The van der Waals surface area contributed by atoms with Crippen molar-refractivity contribution < 1.29 is 23.8 Å². The van der Waals surface area contributed by atoms with E-state index in [9.17, 15) is 14.7 Å². The third kappa shape index (κ3) is 3.52. The van der Waals surface area contributed by atoms with Gasteiger partial charge in [0.1, 0.15) is 5.76 Å². The minimum Gasteiger partial charge on any atom is -0.465 e. The Hall–Kier alpha value is -2.74. The number of hydrogen-bond donors (Lipinski definition) is 1. The molecule has 1 saturated heterocycles. The number of anilines is 1. The molecule has 7 heteroatoms. The highest BCUT2D eigenvalue weighted by molar-refractivity contribution is 6.10. The summed E-state index contributed by atoms with van der Waals surface area (Å²) in [6.07, 6.45) is 4.05. The first-order chi connectivity index (χ1) is 13.6. The number of carbonyl (C=O) groups excluding carboxylic acids is 2. The Bertz CT molecular complexity index is 886. The number of benzene rings is 1. The standard InChI is InChI=1S/C21H22N2O5/c24-16(7-8-17-4-3-11-28-17)14-21(26)18-5-1-2-6-19(18)23(20(21)25)15-22-9-12-27-13-10-22/h1-8,11,26H,9-10,12-15H2/b8-7+/t21-/m0/s1. The molecule has 2 aromatic rings. The smallest absolute Gasteiger partial charge is 0.265 e. The summed E-state index contributed by atoms with van der Waals surface area (Å²) in [5.41, 5.74) is -0.759. The lowest BCUT2D eigenvalue weighted by Gasteiger charge is -2.31. The first-order valence-electron chi connectivity index (χ1n) is 9.26. The molecule has 0 radical (unpaired) electrons. The number of ether oxygens (including phenoxy) is 1. The average molecular weight is 382 g/mol. The molecule has 1 aromatic heterocycles. The van der Waals surface area contributed by atoms with Gasteiger partial charge in [0.05, 0.1) is 38.3 Å². The molecular formula is C21H22N2O5. The lowest BCUT2D eigenvalue weighted by molar-refractivity contribution is -0.141. The number of fused-ring (bicyclic) bond motifs is 1. The van der Waals surface area contributed by atoms with Crippen LogP contribution in [0, 0.1) is 0 Å². The number of ketones is 1. The fourth-order valence-electron chi connectivity index (χ4n) is 3.63. The number of carbonyl (C=O) groups is 2. The van der Waals surface area contributed by atoms with Crippen molar-refractivity contribution in [3.8, 4) is 0 Å². The summed E-state index contributed by atoms with van der Waals surface area (Å²) in [7, 11) is 0. The van der Waals surface area contributed by atoms with Crippen molar-refractivity contribution in [1.82, 2.24) is 4.90 Å². The predicted octanol–water partition coefficient (Wildman–Crippen LogP) is 1.78. The van der Waals surface area contributed by atoms with Gasteiger partial charge in [0, 0.05) is 18.7 Å². The van der Waals surface area contributed by atoms with E-state index in [1.54, 1.807) is 35.2 Å². The predicted molar refractivity (Wildman–Crippen MR) is 102 cm³/mol. The summed E-state index contributed by atoms with van der Waals surface area (Å²) in [6, 6.07) is 10.5. The number of hydrogen-bond acceptors (Lipinski definition) is 6. The largest absolute Gasteiger partial charge is 0.465 e. The highest BCUT2D eigenvalue weighted by Gasteiger charge is 2.50. The summed E-state index contributed by atoms with van der Waals surface area (Å²) in [5.74, 6) is -0.289. The number of allylic oxidation sites excluding steroid dienone is 1. The fourth-order valence-corrected chi connectivity index (χ4v) is 3.63. The zero-order chi connectivity index (χ0) is 19.6. The number of aliphatic hydroxyl groups is 1. The van der Waals surface area contributed by atoms with Crippen LogP contribution >= 0.6 is 0 Å². The summed E-state index contributed by atoms with van der Waals surface area (Å²) in [5, 5.41) is 11.2. The second kappa shape index (κ2) is 7.71. The zero-order valence-electron chi connectivity index (χ0n) is 15.4. The van der Waals surface area contributed by atoms with Gasteiger partial charge in [0.15, 0.2) is 11.4 Å². The maximum atomic E-state index is 13.1. The third-order valence-electron chi connectivity index (χ3n) is 5.09. The van der Waals surface area contributed by atoms with Crippen LogP contribution in [0.15, 0.2) is 53.2 Å². The minimum atomic E-state index is -1.87. The number of morpholine rings is 1. The molecule has 0 spiro atoms. The van der Waals surface area contributed by atoms with Gasteiger partial charge in [-0.1, -0.05) is 18.2 Å². The molecule has 0 unspecified atom stereocenters. The molecule has 2 aliphatic rings. The van der Waals surface area contributed by atoms with Gasteiger partial charge in [-0.05, 0) is 30.4 Å². The van der Waals surface area contributed by atoms with Crippen LogP contribution in [-0.2, 0) is 19.9 Å². The van der Waals surface area contributed by atoms with Crippen molar-refractivity contribution in [3.63, 3.8) is 0 Å². The lowest BCUT2D eigenvalue weighted by Crippen LogP contribution is -2.48. The quantitative estimate of drug-likeness (QED) is 0.767. The van der Waals surface area contributed by atoms with Crippen molar-refractivity contribution in [1.29, 1.82) is 0 Å². The normalized spacial score (nSPS) is 22.8. The molecule has 4 rings (SSSR count). The summed E-state index contributed by atoms with van der Waals surface area (Å²) >= 11 is 0. The van der Waals surface area contributed by atoms with Crippen molar-refractivity contribution in [3.05, 3.63) is 60.1 Å². The molecule has 1 aromatic carbocycles. The van der Waals surface area contributed by atoms with E-state index in [0.29, 0.717) is 36.9 Å². The number of para-hydroxylation sites is 1. The maximum Gasteiger partial charge on any atom is 0.265 e. The van der Waals surface area contributed by atoms with Gasteiger partial charge in [-0.25, -0.2) is 0 Å². The molecule has 28 heavy (non-hydrogen) atoms. The fraction of sp³-hybridized carbons (Fsp3) is 0.333. The van der Waals surface area contributed by atoms with Crippen LogP contribution in [-0.4, -0.2) is 54.7 Å². The highest BCUT2D eigenvalue weighted by Crippen LogP contribution is 2.42. The molecular weight excluding hydrogens is 360 g/mol. The molecule has 1 N–H and O–H groups in total. The Morgan fingerprint density at radius 1 is 1.18 bits per heavy atom. The molecule has 1 amide bonds. The van der Waals surface area contributed by atoms with Crippen LogP contribution in [0.1, 0.15) is 17.7 Å². The summed E-state index contributed by atoms with van der Waals surface area (Å²) in [4.78, 5) is 29.3. The number of nitrogens with zero attached hydrogens (tertiary/aromatic N) is 2. The van der Waals surface area contributed by atoms with Crippen molar-refractivity contribution in [2.45, 2.75) is 12.0 Å². The highest BCUT2D eigenvalue weighted by atomic mass is 16.5. The summed E-state index contributed by atoms with van der Waals surface area (Å²) in [6.45, 7) is 3.02. The van der Waals surface area contributed by atoms with Crippen molar-refractivity contribution >= 4 is 23.5 Å². The molecule has 0 aliphatic carbocycles. The van der Waals surface area contributed by atoms with Crippen molar-refractivity contribution in [2.75, 3.05) is 37.9 Å². The van der Waals surface area contributed by atoms with Gasteiger partial charge in [-0.3, -0.25) is 19.4 Å². The Kier molecular flexibility index (Phi) is 5.13. The van der Waals surface area contributed by atoms with Crippen LogP contribution in [0.2, 0.25) is 0 Å². The van der Waals surface area contributed by atoms with E-state index in [-0.39, 0.29) is 12.2 Å². The van der Waals surface area contributed by atoms with Gasteiger partial charge >= 0.3 is 0 Å². The van der Waals surface area contributed by atoms with E-state index < -0.39 is 11.5 Å². The van der Waals surface area contributed by atoms with E-state index in [2.05, 4.69) is 4.90 Å². The van der Waals surface area contributed by atoms with Gasteiger partial charge in [0.25, 0.3) is 5.91 Å². The van der Waals surface area contributed by atoms with E-state index >= 15 is 0 Å². The number of furan rings is 1. The SMILES string of the molecule is O=C(/C=C/c1ccco1)C[C@@]1(O)C(=O)N(CN2CCOCC2)c2ccccc21. The minimum absolute atomic E-state index is 0.320. The second-order valence-corrected chi connectivity index (χ2v) is 6.97. The molecule has 2 aliphatic heterocycles. The Balaban J connectivity index is 1.55. The monoisotopic (exact) mass is 382 g/mol. The van der Waals surface area contributed by atoms with Crippen LogP contribution in [0.25, 0.3) is 6.08 Å². The van der Waals surface area contributed by atoms with E-state index in [4.69, 9.17) is 9.15 Å². The molecule has 3 heterocycles. The Morgan fingerprint density at radius 2 is 1.96 bits per heavy atom. The van der Waals surface area contributed by atoms with E-state index in [1.165, 1.54) is 18.4 Å². The van der Waals surface area contributed by atoms with Crippen LogP contribution in [0.3, 0.4) is 0 Å². The molecule has 146 valence electrons. The van der Waals surface area contributed by atoms with Gasteiger partial charge in [-0.15, -0.1) is 0 Å². The van der Waals surface area contributed by atoms with Gasteiger partial charge in [-0.2, -0.15) is 0 Å². The van der Waals surface area contributed by atoms with E-state index in [0.717, 1.165) is 13.1 Å². The van der Waals surface area contributed by atoms with Crippen LogP contribution in [0.4, 0.5) is 5.69 Å². The second-order valence-electron chi connectivity index (χ2n) is 6.97. The van der Waals surface area contributed by atoms with Gasteiger partial charge < -0.3 is 14.3 Å². The molecule has 0 bridgehead atoms. The van der Waals surface area contributed by atoms with Gasteiger partial charge in [0.2, 0.25) is 0 Å². The molecule has 1 fully saturated rings. The summed E-state index contributed by atoms with van der Waals surface area (Å²) < 4.78 is 10.5. The first kappa shape index (κ1) is 18.6. The maximum absolute atomic E-state index is 13.1.